The van der Waals surface area contributed by atoms with Crippen LogP contribution in [0, 0.1) is 11.6 Å². The second kappa shape index (κ2) is 11.9. The first-order chi connectivity index (χ1) is 18.8. The number of carbonyl (C=O) groups is 1. The number of halogens is 2. The highest BCUT2D eigenvalue weighted by Crippen LogP contribution is 2.24. The fourth-order valence-electron chi connectivity index (χ4n) is 5.07. The van der Waals surface area contributed by atoms with Gasteiger partial charge in [-0.2, -0.15) is 0 Å². The van der Waals surface area contributed by atoms with Gasteiger partial charge in [0.25, 0.3) is 5.91 Å². The molecule has 1 aromatic heterocycles. The molecule has 0 unspecified atom stereocenters. The lowest BCUT2D eigenvalue weighted by Gasteiger charge is -2.26. The van der Waals surface area contributed by atoms with Gasteiger partial charge >= 0.3 is 0 Å². The lowest BCUT2D eigenvalue weighted by atomic mass is 10.1. The van der Waals surface area contributed by atoms with Crippen molar-refractivity contribution in [3.05, 3.63) is 83.2 Å². The van der Waals surface area contributed by atoms with Crippen LogP contribution < -0.4 is 0 Å². The third-order valence-electron chi connectivity index (χ3n) is 7.02. The van der Waals surface area contributed by atoms with Crippen LogP contribution in [0.1, 0.15) is 47.3 Å². The molecule has 8 nitrogen and oxygen atoms in total. The van der Waals surface area contributed by atoms with E-state index in [0.717, 1.165) is 25.7 Å². The third kappa shape index (κ3) is 6.71. The van der Waals surface area contributed by atoms with Crippen LogP contribution in [0.2, 0.25) is 0 Å². The van der Waals surface area contributed by atoms with Crippen LogP contribution in [0.15, 0.2) is 59.9 Å². The summed E-state index contributed by atoms with van der Waals surface area (Å²) in [5, 5.41) is -0.132. The minimum atomic E-state index is -3.92. The van der Waals surface area contributed by atoms with Crippen molar-refractivity contribution in [2.45, 2.75) is 61.9 Å². The molecule has 1 amide bonds. The van der Waals surface area contributed by atoms with E-state index < -0.39 is 21.5 Å². The van der Waals surface area contributed by atoms with Crippen molar-refractivity contribution in [3.63, 3.8) is 0 Å². The average molecular weight is 560 g/mol. The number of benzene rings is 2. The molecule has 3 aromatic rings. The molecule has 2 fully saturated rings. The SMILES string of the molecule is O=C(c1cccc(F)c1)N(Cc1cnc(S(=O)(=O)Cc2ccc(F)cc2)n1C[C@@H]1CCCO1)C[C@@H]1CCCO1. The molecule has 2 saturated heterocycles. The summed E-state index contributed by atoms with van der Waals surface area (Å²) in [5.41, 5.74) is 1.15. The molecule has 208 valence electrons. The fourth-order valence-corrected chi connectivity index (χ4v) is 6.57. The Bertz CT molecular complexity index is 1400. The van der Waals surface area contributed by atoms with Gasteiger partial charge in [0, 0.05) is 25.3 Å². The van der Waals surface area contributed by atoms with Gasteiger partial charge in [0.2, 0.25) is 15.0 Å². The van der Waals surface area contributed by atoms with Crippen LogP contribution >= 0.6 is 0 Å². The minimum Gasteiger partial charge on any atom is -0.376 e. The Hall–Kier alpha value is -3.15. The maximum Gasteiger partial charge on any atom is 0.254 e. The molecule has 0 radical (unpaired) electrons. The summed E-state index contributed by atoms with van der Waals surface area (Å²) in [6.45, 7) is 1.79. The Morgan fingerprint density at radius 1 is 1.00 bits per heavy atom. The number of carbonyl (C=O) groups excluding carboxylic acids is 1. The number of nitrogens with zero attached hydrogens (tertiary/aromatic N) is 3. The summed E-state index contributed by atoms with van der Waals surface area (Å²) in [7, 11) is -3.92. The first kappa shape index (κ1) is 27.4. The number of aromatic nitrogens is 2. The highest BCUT2D eigenvalue weighted by molar-refractivity contribution is 7.90. The predicted molar refractivity (Wildman–Crippen MR) is 139 cm³/mol. The molecule has 39 heavy (non-hydrogen) atoms. The Morgan fingerprint density at radius 3 is 2.38 bits per heavy atom. The maximum atomic E-state index is 13.9. The van der Waals surface area contributed by atoms with E-state index in [1.54, 1.807) is 15.5 Å². The molecule has 0 N–H and O–H groups in total. The van der Waals surface area contributed by atoms with Gasteiger partial charge in [0.15, 0.2) is 0 Å². The molecule has 0 aliphatic carbocycles. The Balaban J connectivity index is 1.47. The minimum absolute atomic E-state index is 0.0565. The zero-order valence-corrected chi connectivity index (χ0v) is 22.3. The van der Waals surface area contributed by atoms with Crippen LogP contribution in [0.4, 0.5) is 8.78 Å². The van der Waals surface area contributed by atoms with Gasteiger partial charge in [-0.05, 0) is 61.6 Å². The standard InChI is InChI=1S/C28H31F2N3O5S/c29-22-10-8-20(9-11-22)19-39(35,36)28-31-15-24(33(28)18-26-7-3-13-38-26)16-32(17-25-6-2-12-37-25)27(34)21-4-1-5-23(30)14-21/h1,4-5,8-11,14-15,25-26H,2-3,6-7,12-13,16-19H2/t25-,26-/m0/s1. The molecule has 5 rings (SSSR count). The quantitative estimate of drug-likeness (QED) is 0.371. The molecule has 2 atom stereocenters. The lowest BCUT2D eigenvalue weighted by Crippen LogP contribution is -2.38. The highest BCUT2D eigenvalue weighted by atomic mass is 32.2. The van der Waals surface area contributed by atoms with Crippen LogP contribution in [0.3, 0.4) is 0 Å². The predicted octanol–water partition coefficient (Wildman–Crippen LogP) is 4.14. The Kier molecular flexibility index (Phi) is 8.39. The summed E-state index contributed by atoms with van der Waals surface area (Å²) in [6, 6.07) is 10.8. The zero-order valence-electron chi connectivity index (χ0n) is 21.5. The zero-order chi connectivity index (χ0) is 27.4. The largest absolute Gasteiger partial charge is 0.376 e. The average Bonchev–Trinajstić information content (AvgIpc) is 3.69. The smallest absolute Gasteiger partial charge is 0.254 e. The molecule has 0 saturated carbocycles. The molecule has 0 bridgehead atoms. The molecule has 2 aliphatic rings. The third-order valence-corrected chi connectivity index (χ3v) is 8.62. The van der Waals surface area contributed by atoms with Gasteiger partial charge in [-0.15, -0.1) is 0 Å². The van der Waals surface area contributed by atoms with Gasteiger partial charge in [-0.3, -0.25) is 4.79 Å². The maximum absolute atomic E-state index is 13.9. The van der Waals surface area contributed by atoms with Gasteiger partial charge in [0.1, 0.15) is 11.6 Å². The van der Waals surface area contributed by atoms with E-state index in [0.29, 0.717) is 24.5 Å². The van der Waals surface area contributed by atoms with Crippen molar-refractivity contribution in [1.82, 2.24) is 14.5 Å². The van der Waals surface area contributed by atoms with E-state index in [-0.39, 0.29) is 54.2 Å². The van der Waals surface area contributed by atoms with Crippen molar-refractivity contribution in [3.8, 4) is 0 Å². The normalized spacial score (nSPS) is 19.4. The second-order valence-electron chi connectivity index (χ2n) is 9.99. The first-order valence-corrected chi connectivity index (χ1v) is 14.7. The molecule has 3 heterocycles. The Labute approximate surface area is 226 Å². The van der Waals surface area contributed by atoms with Crippen LogP contribution in [0.25, 0.3) is 0 Å². The van der Waals surface area contributed by atoms with E-state index in [1.165, 1.54) is 48.7 Å². The van der Waals surface area contributed by atoms with Crippen molar-refractivity contribution >= 4 is 15.7 Å². The van der Waals surface area contributed by atoms with Crippen molar-refractivity contribution in [2.24, 2.45) is 0 Å². The summed E-state index contributed by atoms with van der Waals surface area (Å²) < 4.78 is 67.5. The number of amides is 1. The molecule has 0 spiro atoms. The van der Waals surface area contributed by atoms with Gasteiger partial charge in [0.05, 0.1) is 42.9 Å². The second-order valence-corrected chi connectivity index (χ2v) is 11.9. The van der Waals surface area contributed by atoms with E-state index in [2.05, 4.69) is 4.98 Å². The molecule has 2 aromatic carbocycles. The van der Waals surface area contributed by atoms with Crippen LogP contribution in [-0.4, -0.2) is 60.7 Å². The summed E-state index contributed by atoms with van der Waals surface area (Å²) in [5.74, 6) is -1.70. The van der Waals surface area contributed by atoms with Crippen LogP contribution in [0.5, 0.6) is 0 Å². The molecule has 2 aliphatic heterocycles. The summed E-state index contributed by atoms with van der Waals surface area (Å²) in [4.78, 5) is 19.4. The van der Waals surface area contributed by atoms with Gasteiger partial charge < -0.3 is 18.9 Å². The number of sulfone groups is 1. The van der Waals surface area contributed by atoms with E-state index in [1.807, 2.05) is 0 Å². The summed E-state index contributed by atoms with van der Waals surface area (Å²) >= 11 is 0. The molecule has 11 heteroatoms. The monoisotopic (exact) mass is 559 g/mol. The first-order valence-electron chi connectivity index (χ1n) is 13.1. The van der Waals surface area contributed by atoms with Gasteiger partial charge in [-0.25, -0.2) is 22.2 Å². The molecular weight excluding hydrogens is 528 g/mol. The highest BCUT2D eigenvalue weighted by Gasteiger charge is 2.30. The number of hydrogen-bond acceptors (Lipinski definition) is 6. The number of hydrogen-bond donors (Lipinski definition) is 0. The lowest BCUT2D eigenvalue weighted by molar-refractivity contribution is 0.0496. The van der Waals surface area contributed by atoms with E-state index >= 15 is 0 Å². The number of rotatable bonds is 10. The Morgan fingerprint density at radius 2 is 1.72 bits per heavy atom. The topological polar surface area (TPSA) is 90.7 Å². The van der Waals surface area contributed by atoms with Crippen molar-refractivity contribution < 1.29 is 31.5 Å². The van der Waals surface area contributed by atoms with Gasteiger partial charge in [-0.1, -0.05) is 18.2 Å². The summed E-state index contributed by atoms with van der Waals surface area (Å²) in [6.07, 6.45) is 4.43. The van der Waals surface area contributed by atoms with Crippen molar-refractivity contribution in [2.75, 3.05) is 19.8 Å². The molecular formula is C28H31F2N3O5S. The number of imidazole rings is 1. The van der Waals surface area contributed by atoms with Crippen molar-refractivity contribution in [1.29, 1.82) is 0 Å². The van der Waals surface area contributed by atoms with E-state index in [9.17, 15) is 22.0 Å². The van der Waals surface area contributed by atoms with Crippen LogP contribution in [-0.2, 0) is 38.2 Å². The number of ether oxygens (including phenoxy) is 2. The van der Waals surface area contributed by atoms with E-state index in [4.69, 9.17) is 9.47 Å². The fraction of sp³-hybridized carbons (Fsp3) is 0.429.